The summed E-state index contributed by atoms with van der Waals surface area (Å²) in [6.07, 6.45) is 2.44. The molecule has 2 N–H and O–H groups in total. The van der Waals surface area contributed by atoms with Crippen LogP contribution in [0.3, 0.4) is 0 Å². The fourth-order valence-electron chi connectivity index (χ4n) is 3.43. The van der Waals surface area contributed by atoms with Crippen LogP contribution in [0.2, 0.25) is 5.02 Å². The van der Waals surface area contributed by atoms with Gasteiger partial charge in [0.2, 0.25) is 0 Å². The Morgan fingerprint density at radius 1 is 1.30 bits per heavy atom. The van der Waals surface area contributed by atoms with Crippen LogP contribution in [0.4, 0.5) is 4.39 Å². The van der Waals surface area contributed by atoms with Gasteiger partial charge in [0.1, 0.15) is 17.6 Å². The number of carbonyl (C=O) groups is 1. The van der Waals surface area contributed by atoms with Crippen molar-refractivity contribution in [3.05, 3.63) is 52.1 Å². The van der Waals surface area contributed by atoms with Crippen molar-refractivity contribution in [3.8, 4) is 11.1 Å². The number of pyridine rings is 1. The molecular formula is C17H14ClFN2O2. The Morgan fingerprint density at radius 3 is 2.87 bits per heavy atom. The highest BCUT2D eigenvalue weighted by Crippen LogP contribution is 2.44. The first-order valence-electron chi connectivity index (χ1n) is 7.47. The first kappa shape index (κ1) is 14.6. The Hall–Kier alpha value is -1.98. The van der Waals surface area contributed by atoms with Crippen LogP contribution in [0.5, 0.6) is 0 Å². The quantitative estimate of drug-likeness (QED) is 0.916. The molecule has 4 nitrogen and oxygen atoms in total. The first-order chi connectivity index (χ1) is 11.0. The second-order valence-corrected chi connectivity index (χ2v) is 6.37. The summed E-state index contributed by atoms with van der Waals surface area (Å²) >= 11 is 5.84. The highest BCUT2D eigenvalue weighted by atomic mass is 35.5. The van der Waals surface area contributed by atoms with E-state index in [4.69, 9.17) is 22.1 Å². The number of fused-ring (bicyclic) bond motifs is 4. The molecule has 2 atom stereocenters. The Balaban J connectivity index is 1.97. The number of nitrogens with two attached hydrogens (primary N) is 1. The zero-order valence-electron chi connectivity index (χ0n) is 12.2. The minimum atomic E-state index is -0.636. The van der Waals surface area contributed by atoms with Crippen LogP contribution in [0.1, 0.15) is 40.7 Å². The maximum absolute atomic E-state index is 14.4. The van der Waals surface area contributed by atoms with Crippen LogP contribution in [0.15, 0.2) is 24.3 Å². The number of hydrogen-bond donors (Lipinski definition) is 1. The summed E-state index contributed by atoms with van der Waals surface area (Å²) in [4.78, 5) is 16.0. The van der Waals surface area contributed by atoms with Crippen LogP contribution >= 0.6 is 11.6 Å². The van der Waals surface area contributed by atoms with Crippen LogP contribution in [0.25, 0.3) is 11.1 Å². The summed E-state index contributed by atoms with van der Waals surface area (Å²) in [6.45, 7) is 0. The summed E-state index contributed by atoms with van der Waals surface area (Å²) in [5.74, 6) is -1.07. The monoisotopic (exact) mass is 332 g/mol. The van der Waals surface area contributed by atoms with Crippen molar-refractivity contribution >= 4 is 17.5 Å². The number of amides is 1. The second kappa shape index (κ2) is 5.28. The van der Waals surface area contributed by atoms with Crippen molar-refractivity contribution in [2.45, 2.75) is 31.5 Å². The lowest BCUT2D eigenvalue weighted by molar-refractivity contribution is 0.0295. The smallest absolute Gasteiger partial charge is 0.267 e. The lowest BCUT2D eigenvalue weighted by Gasteiger charge is -2.26. The highest BCUT2D eigenvalue weighted by molar-refractivity contribution is 6.30. The SMILES string of the molecule is NC(=O)c1cc(-c2ccc(Cl)cc2F)c2c(n1)[C@@H]1CC[C@H](C2)O1. The zero-order valence-corrected chi connectivity index (χ0v) is 12.9. The van der Waals surface area contributed by atoms with Gasteiger partial charge in [0.05, 0.1) is 11.8 Å². The molecule has 0 aliphatic carbocycles. The molecule has 2 aliphatic heterocycles. The topological polar surface area (TPSA) is 65.2 Å². The predicted molar refractivity (Wildman–Crippen MR) is 83.7 cm³/mol. The van der Waals surface area contributed by atoms with Gasteiger partial charge in [-0.1, -0.05) is 11.6 Å². The summed E-state index contributed by atoms with van der Waals surface area (Å²) in [5, 5.41) is 0.327. The molecule has 0 unspecified atom stereocenters. The minimum Gasteiger partial charge on any atom is -0.368 e. The van der Waals surface area contributed by atoms with Gasteiger partial charge in [-0.2, -0.15) is 0 Å². The van der Waals surface area contributed by atoms with Gasteiger partial charge in [0.25, 0.3) is 5.91 Å². The molecule has 1 amide bonds. The number of carbonyl (C=O) groups excluding carboxylic acids is 1. The fraction of sp³-hybridized carbons (Fsp3) is 0.294. The molecule has 1 aromatic carbocycles. The largest absolute Gasteiger partial charge is 0.368 e. The summed E-state index contributed by atoms with van der Waals surface area (Å²) < 4.78 is 20.3. The van der Waals surface area contributed by atoms with Gasteiger partial charge in [-0.15, -0.1) is 0 Å². The van der Waals surface area contributed by atoms with Gasteiger partial charge in [-0.05, 0) is 48.2 Å². The van der Waals surface area contributed by atoms with Crippen molar-refractivity contribution in [1.29, 1.82) is 0 Å². The van der Waals surface area contributed by atoms with E-state index in [0.29, 0.717) is 28.3 Å². The molecule has 0 radical (unpaired) electrons. The molecule has 1 saturated heterocycles. The third kappa shape index (κ3) is 2.40. The van der Waals surface area contributed by atoms with E-state index in [2.05, 4.69) is 4.98 Å². The molecule has 2 aliphatic rings. The molecule has 23 heavy (non-hydrogen) atoms. The average Bonchev–Trinajstić information content (AvgIpc) is 2.89. The highest BCUT2D eigenvalue weighted by Gasteiger charge is 2.37. The van der Waals surface area contributed by atoms with Gasteiger partial charge in [-0.25, -0.2) is 9.37 Å². The van der Waals surface area contributed by atoms with E-state index in [0.717, 1.165) is 18.4 Å². The Kier molecular flexibility index (Phi) is 3.36. The molecule has 0 saturated carbocycles. The van der Waals surface area contributed by atoms with Crippen LogP contribution in [-0.4, -0.2) is 17.0 Å². The van der Waals surface area contributed by atoms with Crippen LogP contribution in [-0.2, 0) is 11.2 Å². The Morgan fingerprint density at radius 2 is 2.13 bits per heavy atom. The number of ether oxygens (including phenoxy) is 1. The van der Waals surface area contributed by atoms with Crippen molar-refractivity contribution in [2.24, 2.45) is 5.73 Å². The van der Waals surface area contributed by atoms with Gasteiger partial charge in [0, 0.05) is 17.0 Å². The number of halogens is 2. The molecule has 3 heterocycles. The van der Waals surface area contributed by atoms with Gasteiger partial charge in [-0.3, -0.25) is 4.79 Å². The zero-order chi connectivity index (χ0) is 16.1. The molecular weight excluding hydrogens is 319 g/mol. The van der Waals surface area contributed by atoms with Crippen molar-refractivity contribution in [3.63, 3.8) is 0 Å². The normalized spacial score (nSPS) is 22.0. The molecule has 2 bridgehead atoms. The number of nitrogens with zero attached hydrogens (tertiary/aromatic N) is 1. The van der Waals surface area contributed by atoms with Crippen LogP contribution < -0.4 is 5.73 Å². The Bertz CT molecular complexity index is 824. The van der Waals surface area contributed by atoms with E-state index < -0.39 is 11.7 Å². The van der Waals surface area contributed by atoms with Crippen LogP contribution in [0, 0.1) is 5.82 Å². The number of benzene rings is 1. The molecule has 1 fully saturated rings. The molecule has 4 rings (SSSR count). The third-order valence-electron chi connectivity index (χ3n) is 4.47. The third-order valence-corrected chi connectivity index (χ3v) is 4.71. The van der Waals surface area contributed by atoms with Crippen molar-refractivity contribution in [1.82, 2.24) is 4.98 Å². The standard InChI is InChI=1S/C17H14ClFN2O2/c18-8-1-3-10(13(19)5-8)11-7-14(17(20)22)21-16-12(11)6-9-2-4-15(16)23-9/h1,3,5,7,9,15H,2,4,6H2,(H2,20,22)/t9-,15+/m1/s1. The lowest BCUT2D eigenvalue weighted by atomic mass is 9.92. The summed E-state index contributed by atoms with van der Waals surface area (Å²) in [5.41, 5.74) is 8.22. The lowest BCUT2D eigenvalue weighted by Crippen LogP contribution is -2.23. The maximum Gasteiger partial charge on any atom is 0.267 e. The van der Waals surface area contributed by atoms with Crippen molar-refractivity contribution < 1.29 is 13.9 Å². The minimum absolute atomic E-state index is 0.127. The van der Waals surface area contributed by atoms with E-state index in [1.807, 2.05) is 0 Å². The number of hydrogen-bond acceptors (Lipinski definition) is 3. The second-order valence-electron chi connectivity index (χ2n) is 5.94. The Labute approximate surface area is 137 Å². The van der Waals surface area contributed by atoms with E-state index in [9.17, 15) is 9.18 Å². The average molecular weight is 333 g/mol. The molecule has 1 aromatic heterocycles. The van der Waals surface area contributed by atoms with E-state index >= 15 is 0 Å². The fourth-order valence-corrected chi connectivity index (χ4v) is 3.59. The van der Waals surface area contributed by atoms with E-state index in [-0.39, 0.29) is 17.9 Å². The summed E-state index contributed by atoms with van der Waals surface area (Å²) in [7, 11) is 0. The molecule has 2 aromatic rings. The first-order valence-corrected chi connectivity index (χ1v) is 7.85. The van der Waals surface area contributed by atoms with Gasteiger partial charge >= 0.3 is 0 Å². The van der Waals surface area contributed by atoms with Gasteiger partial charge in [0.15, 0.2) is 0 Å². The molecule has 118 valence electrons. The maximum atomic E-state index is 14.4. The summed E-state index contributed by atoms with van der Waals surface area (Å²) in [6, 6.07) is 6.08. The van der Waals surface area contributed by atoms with E-state index in [1.165, 1.54) is 6.07 Å². The van der Waals surface area contributed by atoms with E-state index in [1.54, 1.807) is 18.2 Å². The van der Waals surface area contributed by atoms with Crippen molar-refractivity contribution in [2.75, 3.05) is 0 Å². The number of aromatic nitrogens is 1. The number of rotatable bonds is 2. The van der Waals surface area contributed by atoms with Gasteiger partial charge < -0.3 is 10.5 Å². The predicted octanol–water partition coefficient (Wildman–Crippen LogP) is 3.42. The molecule has 6 heteroatoms. The number of primary amides is 1. The molecule has 0 spiro atoms.